The zero-order valence-electron chi connectivity index (χ0n) is 16.0. The number of hydrogen-bond acceptors (Lipinski definition) is 3. The quantitative estimate of drug-likeness (QED) is 0.450. The predicted molar refractivity (Wildman–Crippen MR) is 113 cm³/mol. The molecule has 1 aliphatic heterocycles. The highest BCUT2D eigenvalue weighted by atomic mass is 16.5. The van der Waals surface area contributed by atoms with Crippen molar-refractivity contribution in [2.75, 3.05) is 7.11 Å². The third kappa shape index (κ3) is 2.99. The normalized spacial score (nSPS) is 14.2. The second kappa shape index (κ2) is 6.99. The summed E-state index contributed by atoms with van der Waals surface area (Å²) in [6.07, 6.45) is 3.90. The van der Waals surface area contributed by atoms with Crippen LogP contribution in [0.2, 0.25) is 0 Å². The molecule has 0 amide bonds. The summed E-state index contributed by atoms with van der Waals surface area (Å²) in [5.41, 5.74) is 3.82. The number of methoxy groups -OCH3 is 1. The minimum absolute atomic E-state index is 0.126. The third-order valence-electron chi connectivity index (χ3n) is 5.18. The Hall–Kier alpha value is -3.79. The number of nitrogens with zero attached hydrogens (tertiary/aromatic N) is 1. The number of carbonyl (C=O) groups excluding carboxylic acids is 1. The Labute approximate surface area is 168 Å². The van der Waals surface area contributed by atoms with E-state index in [1.54, 1.807) is 25.3 Å². The van der Waals surface area contributed by atoms with Crippen molar-refractivity contribution in [1.29, 1.82) is 0 Å². The van der Waals surface area contributed by atoms with Crippen LogP contribution in [0, 0.1) is 0 Å². The first kappa shape index (κ1) is 17.3. The smallest absolute Gasteiger partial charge is 0.232 e. The topological polar surface area (TPSA) is 40.5 Å². The summed E-state index contributed by atoms with van der Waals surface area (Å²) in [6.45, 7) is 0.757. The molecule has 0 aliphatic carbocycles. The number of rotatable bonds is 4. The molecule has 1 aliphatic rings. The molecule has 0 unspecified atom stereocenters. The van der Waals surface area contributed by atoms with E-state index in [0.717, 1.165) is 23.0 Å². The summed E-state index contributed by atoms with van der Waals surface area (Å²) in [5, 5.41) is 1.08. The van der Waals surface area contributed by atoms with E-state index in [-0.39, 0.29) is 5.78 Å². The van der Waals surface area contributed by atoms with Gasteiger partial charge in [0.05, 0.1) is 12.7 Å². The van der Waals surface area contributed by atoms with Gasteiger partial charge in [0.1, 0.15) is 0 Å². The number of Topliss-reactive ketones (excluding diaryl/α,β-unsaturated/α-hetero) is 1. The lowest BCUT2D eigenvalue weighted by molar-refractivity contribution is 0.101. The molecule has 0 saturated heterocycles. The van der Waals surface area contributed by atoms with Crippen LogP contribution in [-0.4, -0.2) is 17.5 Å². The minimum atomic E-state index is -0.126. The number of aromatic nitrogens is 1. The Morgan fingerprint density at radius 3 is 2.59 bits per heavy atom. The van der Waals surface area contributed by atoms with Gasteiger partial charge in [-0.15, -0.1) is 0 Å². The highest BCUT2D eigenvalue weighted by molar-refractivity contribution is 6.15. The van der Waals surface area contributed by atoms with Crippen molar-refractivity contribution >= 4 is 22.8 Å². The van der Waals surface area contributed by atoms with Crippen molar-refractivity contribution in [1.82, 2.24) is 4.57 Å². The van der Waals surface area contributed by atoms with Gasteiger partial charge in [0.15, 0.2) is 17.3 Å². The number of para-hydroxylation sites is 2. The van der Waals surface area contributed by atoms with Crippen molar-refractivity contribution in [3.8, 4) is 11.5 Å². The molecule has 2 heterocycles. The van der Waals surface area contributed by atoms with Crippen LogP contribution in [0.4, 0.5) is 0 Å². The van der Waals surface area contributed by atoms with E-state index in [2.05, 4.69) is 35.0 Å². The molecule has 29 heavy (non-hydrogen) atoms. The third-order valence-corrected chi connectivity index (χ3v) is 5.18. The van der Waals surface area contributed by atoms with E-state index in [1.165, 1.54) is 5.56 Å². The Balaban J connectivity index is 1.57. The van der Waals surface area contributed by atoms with Gasteiger partial charge in [0, 0.05) is 29.2 Å². The minimum Gasteiger partial charge on any atom is -0.493 e. The summed E-state index contributed by atoms with van der Waals surface area (Å²) in [7, 11) is 1.57. The van der Waals surface area contributed by atoms with Crippen LogP contribution < -0.4 is 9.47 Å². The molecule has 0 saturated carbocycles. The molecule has 0 fully saturated rings. The maximum Gasteiger partial charge on any atom is 0.232 e. The summed E-state index contributed by atoms with van der Waals surface area (Å²) < 4.78 is 13.4. The summed E-state index contributed by atoms with van der Waals surface area (Å²) in [5.74, 6) is 1.23. The maximum absolute atomic E-state index is 12.8. The van der Waals surface area contributed by atoms with E-state index < -0.39 is 0 Å². The predicted octanol–water partition coefficient (Wildman–Crippen LogP) is 5.31. The van der Waals surface area contributed by atoms with E-state index in [4.69, 9.17) is 9.47 Å². The van der Waals surface area contributed by atoms with Crippen molar-refractivity contribution in [2.45, 2.75) is 6.54 Å². The molecule has 0 spiro atoms. The maximum atomic E-state index is 12.8. The zero-order chi connectivity index (χ0) is 19.8. The van der Waals surface area contributed by atoms with Gasteiger partial charge in [-0.2, -0.15) is 0 Å². The van der Waals surface area contributed by atoms with Crippen LogP contribution in [0.5, 0.6) is 11.5 Å². The molecule has 4 heteroatoms. The molecular weight excluding hydrogens is 362 g/mol. The van der Waals surface area contributed by atoms with Crippen LogP contribution in [-0.2, 0) is 6.54 Å². The molecule has 0 radical (unpaired) electrons. The van der Waals surface area contributed by atoms with Gasteiger partial charge in [-0.05, 0) is 29.8 Å². The van der Waals surface area contributed by atoms with E-state index in [9.17, 15) is 4.79 Å². The number of benzene rings is 3. The molecular formula is C25H19NO3. The molecule has 5 rings (SSSR count). The lowest BCUT2D eigenvalue weighted by Crippen LogP contribution is -1.98. The van der Waals surface area contributed by atoms with Gasteiger partial charge in [-0.1, -0.05) is 54.6 Å². The molecule has 1 aromatic heterocycles. The number of carbonyl (C=O) groups is 1. The number of ether oxygens (including phenoxy) is 2. The van der Waals surface area contributed by atoms with Crippen molar-refractivity contribution in [3.63, 3.8) is 0 Å². The molecule has 142 valence electrons. The van der Waals surface area contributed by atoms with Crippen molar-refractivity contribution in [2.24, 2.45) is 0 Å². The first-order chi connectivity index (χ1) is 14.2. The van der Waals surface area contributed by atoms with Crippen LogP contribution in [0.3, 0.4) is 0 Å². The highest BCUT2D eigenvalue weighted by Crippen LogP contribution is 2.40. The van der Waals surface area contributed by atoms with Crippen LogP contribution in [0.25, 0.3) is 17.0 Å². The summed E-state index contributed by atoms with van der Waals surface area (Å²) in [4.78, 5) is 12.8. The lowest BCUT2D eigenvalue weighted by Gasteiger charge is -2.05. The van der Waals surface area contributed by atoms with Crippen LogP contribution >= 0.6 is 0 Å². The fourth-order valence-corrected chi connectivity index (χ4v) is 3.79. The fraction of sp³-hybridized carbons (Fsp3) is 0.0800. The van der Waals surface area contributed by atoms with Gasteiger partial charge >= 0.3 is 0 Å². The monoisotopic (exact) mass is 381 g/mol. The van der Waals surface area contributed by atoms with Crippen LogP contribution in [0.1, 0.15) is 21.5 Å². The zero-order valence-corrected chi connectivity index (χ0v) is 16.0. The second-order valence-corrected chi connectivity index (χ2v) is 6.99. The fourth-order valence-electron chi connectivity index (χ4n) is 3.79. The molecule has 4 nitrogen and oxygen atoms in total. The highest BCUT2D eigenvalue weighted by Gasteiger charge is 2.30. The SMILES string of the molecule is COc1cccc2c1O/C(=C\c1cn(Cc3ccccc3)c3ccccc13)C2=O. The summed E-state index contributed by atoms with van der Waals surface area (Å²) >= 11 is 0. The van der Waals surface area contributed by atoms with Crippen LogP contribution in [0.15, 0.2) is 84.8 Å². The molecule has 3 aromatic carbocycles. The van der Waals surface area contributed by atoms with E-state index in [1.807, 2.05) is 36.4 Å². The Morgan fingerprint density at radius 2 is 1.76 bits per heavy atom. The van der Waals surface area contributed by atoms with Gasteiger partial charge < -0.3 is 14.0 Å². The standard InChI is InChI=1S/C25H19NO3/c1-28-22-13-7-11-20-24(27)23(29-25(20)22)14-18-16-26(15-17-8-3-2-4-9-17)21-12-6-5-10-19(18)21/h2-14,16H,15H2,1H3/b23-14-. The van der Waals surface area contributed by atoms with Gasteiger partial charge in [-0.3, -0.25) is 4.79 Å². The van der Waals surface area contributed by atoms with E-state index in [0.29, 0.717) is 22.8 Å². The van der Waals surface area contributed by atoms with Gasteiger partial charge in [-0.25, -0.2) is 0 Å². The lowest BCUT2D eigenvalue weighted by atomic mass is 10.1. The number of allylic oxidation sites excluding steroid dienone is 1. The number of ketones is 1. The van der Waals surface area contributed by atoms with Crippen molar-refractivity contribution in [3.05, 3.63) is 101 Å². The number of fused-ring (bicyclic) bond motifs is 2. The molecule has 0 atom stereocenters. The Kier molecular flexibility index (Phi) is 4.17. The molecule has 4 aromatic rings. The van der Waals surface area contributed by atoms with E-state index >= 15 is 0 Å². The largest absolute Gasteiger partial charge is 0.493 e. The average molecular weight is 381 g/mol. The number of hydrogen-bond donors (Lipinski definition) is 0. The first-order valence-electron chi connectivity index (χ1n) is 9.47. The Morgan fingerprint density at radius 1 is 0.966 bits per heavy atom. The average Bonchev–Trinajstić information content (AvgIpc) is 3.27. The Bertz CT molecular complexity index is 1250. The molecule has 0 N–H and O–H groups in total. The summed E-state index contributed by atoms with van der Waals surface area (Å²) in [6, 6.07) is 23.9. The van der Waals surface area contributed by atoms with Gasteiger partial charge in [0.2, 0.25) is 5.78 Å². The van der Waals surface area contributed by atoms with Crippen molar-refractivity contribution < 1.29 is 14.3 Å². The first-order valence-corrected chi connectivity index (χ1v) is 9.47. The second-order valence-electron chi connectivity index (χ2n) is 6.99. The van der Waals surface area contributed by atoms with Gasteiger partial charge in [0.25, 0.3) is 0 Å². The molecule has 0 bridgehead atoms.